The number of para-hydroxylation sites is 1. The molecule has 1 amide bonds. The predicted molar refractivity (Wildman–Crippen MR) is 79.0 cm³/mol. The van der Waals surface area contributed by atoms with Crippen LogP contribution in [0.1, 0.15) is 0 Å². The van der Waals surface area contributed by atoms with E-state index in [1.54, 1.807) is 31.3 Å². The molecular weight excluding hydrogens is 292 g/mol. The lowest BCUT2D eigenvalue weighted by Crippen LogP contribution is -2.32. The van der Waals surface area contributed by atoms with Crippen molar-refractivity contribution in [3.8, 4) is 0 Å². The van der Waals surface area contributed by atoms with Crippen LogP contribution in [-0.2, 0) is 14.4 Å². The first kappa shape index (κ1) is 13.4. The van der Waals surface area contributed by atoms with E-state index in [0.29, 0.717) is 5.69 Å². The lowest BCUT2D eigenvalue weighted by atomic mass is 10.2. The van der Waals surface area contributed by atoms with Gasteiger partial charge in [-0.05, 0) is 24.4 Å². The van der Waals surface area contributed by atoms with E-state index < -0.39 is 5.97 Å². The van der Waals surface area contributed by atoms with Crippen molar-refractivity contribution >= 4 is 40.6 Å². The van der Waals surface area contributed by atoms with Gasteiger partial charge in [0.15, 0.2) is 0 Å². The van der Waals surface area contributed by atoms with Crippen LogP contribution in [0.3, 0.4) is 0 Å². The summed E-state index contributed by atoms with van der Waals surface area (Å²) in [6.07, 6.45) is 1.35. The molecule has 0 aromatic heterocycles. The fraction of sp³-hybridized carbons (Fsp3) is 0.0769. The molecule has 0 atom stereocenters. The molecule has 21 heavy (non-hydrogen) atoms. The van der Waals surface area contributed by atoms with Crippen LogP contribution in [-0.4, -0.2) is 34.8 Å². The van der Waals surface area contributed by atoms with Gasteiger partial charge < -0.3 is 4.84 Å². The Morgan fingerprint density at radius 3 is 2.62 bits per heavy atom. The average molecular weight is 302 g/mol. The number of carbonyl (C=O) groups is 2. The van der Waals surface area contributed by atoms with Gasteiger partial charge in [0.2, 0.25) is 5.11 Å². The van der Waals surface area contributed by atoms with Crippen molar-refractivity contribution in [3.63, 3.8) is 0 Å². The van der Waals surface area contributed by atoms with E-state index in [0.717, 1.165) is 0 Å². The molecule has 2 aliphatic heterocycles. The summed E-state index contributed by atoms with van der Waals surface area (Å²) in [5.74, 6) is -0.969. The molecule has 3 rings (SSSR count). The van der Waals surface area contributed by atoms with Gasteiger partial charge in [-0.25, -0.2) is 14.7 Å². The summed E-state index contributed by atoms with van der Waals surface area (Å²) in [4.78, 5) is 33.9. The number of hydrogen-bond acceptors (Lipinski definition) is 6. The summed E-state index contributed by atoms with van der Waals surface area (Å²) < 4.78 is 0. The SMILES string of the molecule is CN1NOC(=O)/C1=C\C1=NC(=S)N(c2ccccc2)C1=O. The summed E-state index contributed by atoms with van der Waals surface area (Å²) in [5, 5.41) is 1.49. The Hall–Kier alpha value is -2.58. The Morgan fingerprint density at radius 2 is 2.00 bits per heavy atom. The highest BCUT2D eigenvalue weighted by molar-refractivity contribution is 7.80. The van der Waals surface area contributed by atoms with Crippen molar-refractivity contribution in [3.05, 3.63) is 42.1 Å². The smallest absolute Gasteiger partial charge is 0.345 e. The molecule has 1 saturated heterocycles. The van der Waals surface area contributed by atoms with Crippen molar-refractivity contribution in [1.82, 2.24) is 10.6 Å². The number of benzene rings is 1. The molecule has 0 radical (unpaired) electrons. The molecule has 8 heteroatoms. The lowest BCUT2D eigenvalue weighted by Gasteiger charge is -2.14. The molecule has 1 N–H and O–H groups in total. The number of nitrogens with one attached hydrogen (secondary N) is 1. The third-order valence-electron chi connectivity index (χ3n) is 2.96. The van der Waals surface area contributed by atoms with Crippen molar-refractivity contribution in [2.45, 2.75) is 0 Å². The number of likely N-dealkylation sites (N-methyl/N-ethyl adjacent to an activating group) is 1. The molecular formula is C13H10N4O3S. The fourth-order valence-electron chi connectivity index (χ4n) is 1.93. The number of thiocarbonyl (C=S) groups is 1. The first-order valence-corrected chi connectivity index (χ1v) is 6.43. The zero-order valence-corrected chi connectivity index (χ0v) is 11.8. The van der Waals surface area contributed by atoms with E-state index in [2.05, 4.69) is 15.4 Å². The van der Waals surface area contributed by atoms with Gasteiger partial charge in [0.1, 0.15) is 11.4 Å². The van der Waals surface area contributed by atoms with Crippen molar-refractivity contribution in [1.29, 1.82) is 0 Å². The Balaban J connectivity index is 1.92. The van der Waals surface area contributed by atoms with Crippen LogP contribution in [0, 0.1) is 0 Å². The first-order valence-electron chi connectivity index (χ1n) is 6.02. The number of nitrogens with zero attached hydrogens (tertiary/aromatic N) is 3. The summed E-state index contributed by atoms with van der Waals surface area (Å²) in [6.45, 7) is 0. The number of rotatable bonds is 2. The topological polar surface area (TPSA) is 74.2 Å². The molecule has 7 nitrogen and oxygen atoms in total. The Bertz CT molecular complexity index is 699. The van der Waals surface area contributed by atoms with Crippen LogP contribution >= 0.6 is 12.2 Å². The highest BCUT2D eigenvalue weighted by Gasteiger charge is 2.33. The maximum atomic E-state index is 12.4. The summed E-state index contributed by atoms with van der Waals surface area (Å²) >= 11 is 5.12. The zero-order chi connectivity index (χ0) is 15.0. The highest BCUT2D eigenvalue weighted by atomic mass is 32.1. The standard InChI is InChI=1S/C13H10N4O3S/c1-16-10(12(19)20-15-16)7-9-11(18)17(13(21)14-9)8-5-3-2-4-6-8/h2-7,15H,1H3/b10-7+. The second kappa shape index (κ2) is 5.08. The second-order valence-corrected chi connectivity index (χ2v) is 4.69. The third-order valence-corrected chi connectivity index (χ3v) is 3.24. The molecule has 1 fully saturated rings. The minimum absolute atomic E-state index is 0.0892. The van der Waals surface area contributed by atoms with Crippen LogP contribution in [0.2, 0.25) is 0 Å². The normalized spacial score (nSPS) is 20.3. The molecule has 2 aliphatic rings. The van der Waals surface area contributed by atoms with Crippen molar-refractivity contribution < 1.29 is 14.4 Å². The van der Waals surface area contributed by atoms with Gasteiger partial charge in [0.05, 0.1) is 5.69 Å². The predicted octanol–water partition coefficient (Wildman–Crippen LogP) is 0.551. The Morgan fingerprint density at radius 1 is 1.29 bits per heavy atom. The van der Waals surface area contributed by atoms with Gasteiger partial charge in [0, 0.05) is 13.1 Å². The zero-order valence-electron chi connectivity index (χ0n) is 10.9. The molecule has 0 spiro atoms. The van der Waals surface area contributed by atoms with Gasteiger partial charge in [-0.2, -0.15) is 0 Å². The average Bonchev–Trinajstić information content (AvgIpc) is 2.94. The minimum atomic E-state index is -0.586. The molecule has 0 bridgehead atoms. The van der Waals surface area contributed by atoms with Crippen LogP contribution in [0.25, 0.3) is 0 Å². The van der Waals surface area contributed by atoms with E-state index >= 15 is 0 Å². The number of hydrazine groups is 1. The van der Waals surface area contributed by atoms with Gasteiger partial charge >= 0.3 is 5.97 Å². The van der Waals surface area contributed by atoms with Gasteiger partial charge in [-0.3, -0.25) is 9.80 Å². The third kappa shape index (κ3) is 2.30. The van der Waals surface area contributed by atoms with Crippen LogP contribution in [0.5, 0.6) is 0 Å². The number of carbonyl (C=O) groups excluding carboxylic acids is 2. The van der Waals surface area contributed by atoms with E-state index in [1.165, 1.54) is 16.0 Å². The highest BCUT2D eigenvalue weighted by Crippen LogP contribution is 2.21. The molecule has 0 aliphatic carbocycles. The second-order valence-electron chi connectivity index (χ2n) is 4.33. The number of aliphatic imine (C=N–C) groups is 1. The number of amides is 1. The Labute approximate surface area is 125 Å². The molecule has 0 unspecified atom stereocenters. The van der Waals surface area contributed by atoms with Gasteiger partial charge in [0.25, 0.3) is 5.91 Å². The van der Waals surface area contributed by atoms with Crippen LogP contribution in [0.15, 0.2) is 47.1 Å². The maximum Gasteiger partial charge on any atom is 0.376 e. The molecule has 1 aromatic carbocycles. The number of hydrogen-bond donors (Lipinski definition) is 1. The van der Waals surface area contributed by atoms with Crippen LogP contribution in [0.4, 0.5) is 5.69 Å². The minimum Gasteiger partial charge on any atom is -0.345 e. The van der Waals surface area contributed by atoms with E-state index in [1.807, 2.05) is 6.07 Å². The lowest BCUT2D eigenvalue weighted by molar-refractivity contribution is -0.142. The Kier molecular flexibility index (Phi) is 3.24. The van der Waals surface area contributed by atoms with E-state index in [4.69, 9.17) is 12.2 Å². The molecule has 1 aromatic rings. The molecule has 2 heterocycles. The molecule has 106 valence electrons. The van der Waals surface area contributed by atoms with Gasteiger partial charge in [-0.15, -0.1) is 0 Å². The summed E-state index contributed by atoms with van der Waals surface area (Å²) in [6, 6.07) is 8.95. The summed E-state index contributed by atoms with van der Waals surface area (Å²) in [5.41, 5.74) is 3.26. The van der Waals surface area contributed by atoms with E-state index in [-0.39, 0.29) is 22.4 Å². The van der Waals surface area contributed by atoms with Crippen molar-refractivity contribution in [2.24, 2.45) is 4.99 Å². The van der Waals surface area contributed by atoms with Crippen LogP contribution < -0.4 is 10.5 Å². The van der Waals surface area contributed by atoms with E-state index in [9.17, 15) is 9.59 Å². The first-order chi connectivity index (χ1) is 10.1. The maximum absolute atomic E-state index is 12.4. The monoisotopic (exact) mass is 302 g/mol. The van der Waals surface area contributed by atoms with Gasteiger partial charge in [-0.1, -0.05) is 23.8 Å². The molecule has 0 saturated carbocycles. The quantitative estimate of drug-likeness (QED) is 0.635. The number of anilines is 1. The largest absolute Gasteiger partial charge is 0.376 e. The fourth-order valence-corrected chi connectivity index (χ4v) is 2.22. The summed E-state index contributed by atoms with van der Waals surface area (Å²) in [7, 11) is 1.59. The van der Waals surface area contributed by atoms with Crippen molar-refractivity contribution in [2.75, 3.05) is 11.9 Å².